The molecular weight excluding hydrogens is 316 g/mol. The van der Waals surface area contributed by atoms with E-state index in [4.69, 9.17) is 19.2 Å². The van der Waals surface area contributed by atoms with Gasteiger partial charge in [-0.15, -0.1) is 7.92 Å². The second-order valence-electron chi connectivity index (χ2n) is 1.62. The van der Waals surface area contributed by atoms with Crippen molar-refractivity contribution in [1.82, 2.24) is 0 Å². The van der Waals surface area contributed by atoms with Gasteiger partial charge >= 0.3 is 0 Å². The van der Waals surface area contributed by atoms with Gasteiger partial charge in [-0.2, -0.15) is 0 Å². The summed E-state index contributed by atoms with van der Waals surface area (Å²) in [5.41, 5.74) is 0. The van der Waals surface area contributed by atoms with Gasteiger partial charge in [0.15, 0.2) is 0 Å². The van der Waals surface area contributed by atoms with Gasteiger partial charge in [0, 0.05) is 19.5 Å². The van der Waals surface area contributed by atoms with Crippen LogP contribution in [0.1, 0.15) is 20.8 Å². The Kier molecular flexibility index (Phi) is 190. The van der Waals surface area contributed by atoms with Gasteiger partial charge in [0.25, 0.3) is 0 Å². The third-order valence-electron chi connectivity index (χ3n) is 1.34. The van der Waals surface area contributed by atoms with Crippen LogP contribution in [0.25, 0.3) is 0 Å². The fraction of sp³-hybridized carbons (Fsp3) is 0.600. The van der Waals surface area contributed by atoms with Crippen LogP contribution in [0.4, 0.5) is 0 Å². The van der Waals surface area contributed by atoms with E-state index in [0.29, 0.717) is 7.92 Å². The molecule has 0 aliphatic heterocycles. The van der Waals surface area contributed by atoms with E-state index in [0.717, 1.165) is 0 Å². The maximum absolute atomic E-state index is 8.00. The van der Waals surface area contributed by atoms with Crippen LogP contribution in [0, 0.1) is 0 Å². The van der Waals surface area contributed by atoms with Gasteiger partial charge in [0.2, 0.25) is 0 Å². The molecule has 0 saturated heterocycles. The van der Waals surface area contributed by atoms with Crippen LogP contribution in [0.5, 0.6) is 0 Å². The molecule has 0 spiro atoms. The van der Waals surface area contributed by atoms with Gasteiger partial charge in [-0.25, -0.2) is 0 Å². The maximum Gasteiger partial charge on any atom is 0.106 e. The van der Waals surface area contributed by atoms with Crippen LogP contribution < -0.4 is 0 Å². The van der Waals surface area contributed by atoms with E-state index in [1.54, 1.807) is 0 Å². The van der Waals surface area contributed by atoms with Gasteiger partial charge < -0.3 is 19.2 Å². The zero-order valence-corrected chi connectivity index (χ0v) is 13.0. The molecule has 0 N–H and O–H groups in total. The summed E-state index contributed by atoms with van der Waals surface area (Å²) >= 11 is 0. The minimum Gasteiger partial charge on any atom is -0.307 e. The molecule has 0 unspecified atom stereocenters. The molecule has 0 radical (unpaired) electrons. The normalized spacial score (nSPS) is 5.50. The fourth-order valence-corrected chi connectivity index (χ4v) is 2.01. The van der Waals surface area contributed by atoms with Gasteiger partial charge in [0.05, 0.1) is 0 Å². The monoisotopic (exact) mass is 340 g/mol. The largest absolute Gasteiger partial charge is 0.307 e. The summed E-state index contributed by atoms with van der Waals surface area (Å²) in [6.45, 7) is 14.9. The Morgan fingerprint density at radius 2 is 0.750 bits per heavy atom. The molecule has 0 fully saturated rings. The minimum atomic E-state index is 0. The molecule has 0 aliphatic carbocycles. The van der Waals surface area contributed by atoms with Gasteiger partial charge in [-0.3, -0.25) is 0 Å². The van der Waals surface area contributed by atoms with E-state index >= 15 is 0 Å². The van der Waals surface area contributed by atoms with Crippen LogP contribution in [-0.4, -0.2) is 45.6 Å². The first-order valence-corrected chi connectivity index (χ1v) is 6.12. The van der Waals surface area contributed by atoms with Gasteiger partial charge in [-0.1, -0.05) is 20.8 Å². The quantitative estimate of drug-likeness (QED) is 0.581. The van der Waals surface area contributed by atoms with Crippen LogP contribution in [0.3, 0.4) is 0 Å². The number of carbonyl (C=O) groups excluding carboxylic acids is 4. The molecule has 0 rings (SSSR count). The van der Waals surface area contributed by atoms with E-state index in [1.165, 1.54) is 18.5 Å². The fourth-order valence-electron chi connectivity index (χ4n) is 0.671. The third-order valence-corrected chi connectivity index (χ3v) is 4.02. The van der Waals surface area contributed by atoms with E-state index < -0.39 is 0 Å². The summed E-state index contributed by atoms with van der Waals surface area (Å²) in [6.07, 6.45) is 4.26. The molecule has 0 bridgehead atoms. The zero-order valence-electron chi connectivity index (χ0n) is 10.4. The summed E-state index contributed by atoms with van der Waals surface area (Å²) in [6, 6.07) is 0. The van der Waals surface area contributed by atoms with Crippen molar-refractivity contribution in [2.75, 3.05) is 18.5 Å². The predicted octanol–water partition coefficient (Wildman–Crippen LogP) is 1.79. The number of hydrogen-bond acceptors (Lipinski definition) is 4. The zero-order chi connectivity index (χ0) is 13.7. The van der Waals surface area contributed by atoms with Crippen LogP contribution >= 0.6 is 7.92 Å². The molecule has 0 aliphatic rings. The topological polar surface area (TPSA) is 68.3 Å². The van der Waals surface area contributed by atoms with E-state index in [-0.39, 0.29) is 19.5 Å². The Labute approximate surface area is 113 Å². The Morgan fingerprint density at radius 1 is 0.625 bits per heavy atom. The van der Waals surface area contributed by atoms with Crippen molar-refractivity contribution in [3.8, 4) is 0 Å². The average Bonchev–Trinajstić information content (AvgIpc) is 2.41. The second kappa shape index (κ2) is 84.5. The Balaban J connectivity index is -0.0000000238. The van der Waals surface area contributed by atoms with Crippen molar-refractivity contribution in [3.05, 3.63) is 0 Å². The summed E-state index contributed by atoms with van der Waals surface area (Å²) in [7, 11) is 0.446. The first-order chi connectivity index (χ1) is 7.35. The molecule has 0 amide bonds. The van der Waals surface area contributed by atoms with Crippen molar-refractivity contribution in [1.29, 1.82) is 0 Å². The molecule has 0 atom stereocenters. The predicted molar refractivity (Wildman–Crippen MR) is 67.0 cm³/mol. The maximum atomic E-state index is 8.00. The number of hydrogen-bond donors (Lipinski definition) is 0. The molecule has 0 heterocycles. The van der Waals surface area contributed by atoms with Gasteiger partial charge in [0.1, 0.15) is 27.2 Å². The summed E-state index contributed by atoms with van der Waals surface area (Å²) < 4.78 is 0. The van der Waals surface area contributed by atoms with Crippen molar-refractivity contribution in [2.24, 2.45) is 0 Å². The smallest absolute Gasteiger partial charge is 0.106 e. The van der Waals surface area contributed by atoms with Crippen LogP contribution in [0.2, 0.25) is 0 Å². The molecule has 100 valence electrons. The molecule has 16 heavy (non-hydrogen) atoms. The molecule has 0 aromatic rings. The van der Waals surface area contributed by atoms with Crippen LogP contribution in [0.15, 0.2) is 0 Å². The van der Waals surface area contributed by atoms with Crippen molar-refractivity contribution in [2.45, 2.75) is 20.8 Å². The van der Waals surface area contributed by atoms with Crippen molar-refractivity contribution in [3.63, 3.8) is 0 Å². The first kappa shape index (κ1) is 36.0. The Bertz CT molecular complexity index is 71.7. The molecule has 0 aromatic carbocycles. The summed E-state index contributed by atoms with van der Waals surface area (Å²) in [5, 5.41) is 0. The van der Waals surface area contributed by atoms with E-state index in [9.17, 15) is 0 Å². The Morgan fingerprint density at radius 3 is 0.750 bits per heavy atom. The van der Waals surface area contributed by atoms with E-state index in [1.807, 2.05) is 27.2 Å². The third kappa shape index (κ3) is 67.7. The van der Waals surface area contributed by atoms with Crippen molar-refractivity contribution < 1.29 is 38.7 Å². The second-order valence-corrected chi connectivity index (χ2v) is 4.86. The SMILES string of the molecule is C=O.C=O.C=O.C=O.CCP(CC)CC.[Ru]. The molecule has 4 nitrogen and oxygen atoms in total. The molecular formula is C10H23O4PRu. The van der Waals surface area contributed by atoms with Crippen molar-refractivity contribution >= 4 is 35.1 Å². The minimum absolute atomic E-state index is 0. The molecule has 0 aromatic heterocycles. The first-order valence-electron chi connectivity index (χ1n) is 4.22. The summed E-state index contributed by atoms with van der Waals surface area (Å²) in [5.74, 6) is 0. The van der Waals surface area contributed by atoms with E-state index in [2.05, 4.69) is 20.8 Å². The number of carbonyl (C=O) groups is 4. The standard InChI is InChI=1S/C6H15P.4CH2O.Ru/c1-4-7(5-2)6-3;4*1-2;/h4-6H2,1-3H3;4*1H2;. The average molecular weight is 339 g/mol. The Hall–Kier alpha value is -0.267. The molecule has 6 heteroatoms. The molecule has 0 saturated carbocycles. The van der Waals surface area contributed by atoms with Gasteiger partial charge in [-0.05, 0) is 18.5 Å². The number of rotatable bonds is 3. The van der Waals surface area contributed by atoms with Crippen LogP contribution in [-0.2, 0) is 38.7 Å². The summed E-state index contributed by atoms with van der Waals surface area (Å²) in [4.78, 5) is 32.0.